The predicted molar refractivity (Wildman–Crippen MR) is 75.0 cm³/mol. The summed E-state index contributed by atoms with van der Waals surface area (Å²) in [6.45, 7) is 8.71. The van der Waals surface area contributed by atoms with Crippen molar-refractivity contribution in [1.29, 1.82) is 0 Å². The van der Waals surface area contributed by atoms with Crippen LogP contribution >= 0.6 is 0 Å². The summed E-state index contributed by atoms with van der Waals surface area (Å²) in [7, 11) is 6.38. The van der Waals surface area contributed by atoms with Crippen molar-refractivity contribution in [2.45, 2.75) is 32.8 Å². The minimum Gasteiger partial charge on any atom is -0.460 e. The molecule has 0 aromatic heterocycles. The number of carbonyl (C=O) groups is 1. The molecule has 0 aliphatic heterocycles. The number of nitrogens with zero attached hydrogens (tertiary/aromatic N) is 1. The van der Waals surface area contributed by atoms with Crippen LogP contribution in [0, 0.1) is 0 Å². The molecule has 5 nitrogen and oxygen atoms in total. The van der Waals surface area contributed by atoms with Crippen molar-refractivity contribution in [2.24, 2.45) is 0 Å². The monoisotopic (exact) mass is 276 g/mol. The third-order valence-electron chi connectivity index (χ3n) is 2.15. The van der Waals surface area contributed by atoms with E-state index in [1.165, 1.54) is 0 Å². The van der Waals surface area contributed by atoms with Crippen molar-refractivity contribution < 1.29 is 23.5 Å². The lowest BCUT2D eigenvalue weighted by Crippen LogP contribution is -2.37. The summed E-state index contributed by atoms with van der Waals surface area (Å²) < 4.78 is 16.8. The molecule has 0 saturated carbocycles. The second kappa shape index (κ2) is 8.51. The summed E-state index contributed by atoms with van der Waals surface area (Å²) in [6.07, 6.45) is 0.288. The summed E-state index contributed by atoms with van der Waals surface area (Å²) in [6, 6.07) is 0. The van der Waals surface area contributed by atoms with Crippen LogP contribution in [0.25, 0.3) is 0 Å². The van der Waals surface area contributed by atoms with E-state index in [1.807, 2.05) is 20.8 Å². The van der Waals surface area contributed by atoms with Crippen LogP contribution in [-0.4, -0.2) is 70.2 Å². The first-order chi connectivity index (χ1) is 8.60. The Labute approximate surface area is 117 Å². The van der Waals surface area contributed by atoms with Crippen LogP contribution in [0.1, 0.15) is 27.2 Å². The van der Waals surface area contributed by atoms with Crippen molar-refractivity contribution >= 4 is 5.97 Å². The standard InChI is InChI=1S/C14H30NO4/c1-14(2,3)19-13(16)7-9-17-11-12-18-10-8-15(4,5)6/h7-12H2,1-6H3/q+1. The van der Waals surface area contributed by atoms with Gasteiger partial charge in [0.1, 0.15) is 12.1 Å². The van der Waals surface area contributed by atoms with Crippen LogP contribution in [0.2, 0.25) is 0 Å². The maximum atomic E-state index is 11.4. The normalized spacial score (nSPS) is 12.5. The van der Waals surface area contributed by atoms with Crippen molar-refractivity contribution in [2.75, 3.05) is 54.1 Å². The average Bonchev–Trinajstić information content (AvgIpc) is 2.17. The summed E-state index contributed by atoms with van der Waals surface area (Å²) in [5, 5.41) is 0. The number of ether oxygens (including phenoxy) is 3. The first kappa shape index (κ1) is 18.4. The number of quaternary nitrogens is 1. The maximum Gasteiger partial charge on any atom is 0.308 e. The highest BCUT2D eigenvalue weighted by molar-refractivity contribution is 5.69. The van der Waals surface area contributed by atoms with E-state index in [1.54, 1.807) is 0 Å². The molecule has 0 aliphatic carbocycles. The smallest absolute Gasteiger partial charge is 0.308 e. The second-order valence-electron chi connectivity index (χ2n) is 6.58. The fourth-order valence-electron chi connectivity index (χ4n) is 1.21. The molecule has 0 unspecified atom stereocenters. The number of hydrogen-bond acceptors (Lipinski definition) is 4. The van der Waals surface area contributed by atoms with Gasteiger partial charge in [-0.1, -0.05) is 0 Å². The Hall–Kier alpha value is -0.650. The molecule has 114 valence electrons. The molecule has 0 N–H and O–H groups in total. The van der Waals surface area contributed by atoms with Crippen LogP contribution in [-0.2, 0) is 19.0 Å². The zero-order chi connectivity index (χ0) is 14.9. The van der Waals surface area contributed by atoms with E-state index >= 15 is 0 Å². The zero-order valence-corrected chi connectivity index (χ0v) is 13.3. The minimum absolute atomic E-state index is 0.224. The van der Waals surface area contributed by atoms with E-state index in [-0.39, 0.29) is 12.4 Å². The van der Waals surface area contributed by atoms with Crippen molar-refractivity contribution in [1.82, 2.24) is 0 Å². The molecular weight excluding hydrogens is 246 g/mol. The van der Waals surface area contributed by atoms with Gasteiger partial charge in [0, 0.05) is 0 Å². The largest absolute Gasteiger partial charge is 0.460 e. The molecule has 0 heterocycles. The third kappa shape index (κ3) is 15.3. The molecule has 0 aromatic rings. The van der Waals surface area contributed by atoms with Crippen LogP contribution in [0.4, 0.5) is 0 Å². The van der Waals surface area contributed by atoms with Crippen LogP contribution in [0.3, 0.4) is 0 Å². The average molecular weight is 276 g/mol. The Morgan fingerprint density at radius 2 is 1.47 bits per heavy atom. The molecule has 0 spiro atoms. The number of carbonyl (C=O) groups excluding carboxylic acids is 1. The van der Waals surface area contributed by atoms with E-state index in [9.17, 15) is 4.79 Å². The molecular formula is C14H30NO4+. The Bertz CT molecular complexity index is 253. The van der Waals surface area contributed by atoms with Crippen molar-refractivity contribution in [3.8, 4) is 0 Å². The lowest BCUT2D eigenvalue weighted by molar-refractivity contribution is -0.870. The number of likely N-dealkylation sites (N-methyl/N-ethyl adjacent to an activating group) is 1. The van der Waals surface area contributed by atoms with Gasteiger partial charge in [0.2, 0.25) is 0 Å². The highest BCUT2D eigenvalue weighted by Gasteiger charge is 2.15. The molecule has 19 heavy (non-hydrogen) atoms. The van der Waals surface area contributed by atoms with Crippen LogP contribution in [0.5, 0.6) is 0 Å². The first-order valence-corrected chi connectivity index (χ1v) is 6.78. The van der Waals surface area contributed by atoms with E-state index in [0.717, 1.165) is 17.6 Å². The quantitative estimate of drug-likeness (QED) is 0.363. The topological polar surface area (TPSA) is 44.8 Å². The molecule has 0 radical (unpaired) electrons. The van der Waals surface area contributed by atoms with Gasteiger partial charge in [-0.2, -0.15) is 0 Å². The summed E-state index contributed by atoms with van der Waals surface area (Å²) >= 11 is 0. The minimum atomic E-state index is -0.425. The summed E-state index contributed by atoms with van der Waals surface area (Å²) in [5.41, 5.74) is -0.425. The summed E-state index contributed by atoms with van der Waals surface area (Å²) in [4.78, 5) is 11.4. The summed E-state index contributed by atoms with van der Waals surface area (Å²) in [5.74, 6) is -0.224. The maximum absolute atomic E-state index is 11.4. The highest BCUT2D eigenvalue weighted by atomic mass is 16.6. The van der Waals surface area contributed by atoms with Gasteiger partial charge in [0.05, 0.1) is 54.0 Å². The molecule has 0 fully saturated rings. The Kier molecular flexibility index (Phi) is 8.22. The van der Waals surface area contributed by atoms with E-state index in [2.05, 4.69) is 21.1 Å². The molecule has 5 heteroatoms. The molecule has 0 amide bonds. The Balaban J connectivity index is 3.35. The fourth-order valence-corrected chi connectivity index (χ4v) is 1.21. The number of esters is 1. The zero-order valence-electron chi connectivity index (χ0n) is 13.3. The first-order valence-electron chi connectivity index (χ1n) is 6.78. The van der Waals surface area contributed by atoms with E-state index in [0.29, 0.717) is 19.8 Å². The van der Waals surface area contributed by atoms with Gasteiger partial charge in [0.25, 0.3) is 0 Å². The van der Waals surface area contributed by atoms with Crippen LogP contribution in [0.15, 0.2) is 0 Å². The van der Waals surface area contributed by atoms with Gasteiger partial charge in [0.15, 0.2) is 0 Å². The fraction of sp³-hybridized carbons (Fsp3) is 0.929. The van der Waals surface area contributed by atoms with Gasteiger partial charge in [-0.3, -0.25) is 4.79 Å². The molecule has 0 saturated heterocycles. The Morgan fingerprint density at radius 1 is 0.947 bits per heavy atom. The third-order valence-corrected chi connectivity index (χ3v) is 2.15. The molecule has 0 bridgehead atoms. The predicted octanol–water partition coefficient (Wildman–Crippen LogP) is 1.46. The van der Waals surface area contributed by atoms with Crippen molar-refractivity contribution in [3.05, 3.63) is 0 Å². The molecule has 0 aliphatic rings. The van der Waals surface area contributed by atoms with Gasteiger partial charge >= 0.3 is 5.97 Å². The van der Waals surface area contributed by atoms with Gasteiger partial charge in [-0.05, 0) is 20.8 Å². The number of hydrogen-bond donors (Lipinski definition) is 0. The SMILES string of the molecule is CC(C)(C)OC(=O)CCOCCOCC[N+](C)(C)C. The van der Waals surface area contributed by atoms with Gasteiger partial charge in [-0.25, -0.2) is 0 Å². The molecule has 0 atom stereocenters. The lowest BCUT2D eigenvalue weighted by Gasteiger charge is -2.23. The lowest BCUT2D eigenvalue weighted by atomic mass is 10.2. The number of rotatable bonds is 9. The second-order valence-corrected chi connectivity index (χ2v) is 6.58. The van der Waals surface area contributed by atoms with Crippen molar-refractivity contribution in [3.63, 3.8) is 0 Å². The van der Waals surface area contributed by atoms with Gasteiger partial charge in [-0.15, -0.1) is 0 Å². The molecule has 0 aromatic carbocycles. The van der Waals surface area contributed by atoms with E-state index < -0.39 is 5.60 Å². The van der Waals surface area contributed by atoms with Gasteiger partial charge < -0.3 is 18.7 Å². The molecule has 0 rings (SSSR count). The highest BCUT2D eigenvalue weighted by Crippen LogP contribution is 2.07. The Morgan fingerprint density at radius 3 is 1.95 bits per heavy atom. The van der Waals surface area contributed by atoms with Crippen LogP contribution < -0.4 is 0 Å². The van der Waals surface area contributed by atoms with E-state index in [4.69, 9.17) is 14.2 Å².